The van der Waals surface area contributed by atoms with Gasteiger partial charge in [0.1, 0.15) is 0 Å². The Morgan fingerprint density at radius 3 is 2.62 bits per heavy atom. The van der Waals surface area contributed by atoms with Crippen LogP contribution in [0.2, 0.25) is 0 Å². The van der Waals surface area contributed by atoms with Crippen LogP contribution in [0.25, 0.3) is 0 Å². The number of rotatable bonds is 4. The summed E-state index contributed by atoms with van der Waals surface area (Å²) in [6.45, 7) is 0.172. The molecule has 1 atom stereocenters. The molecule has 0 bridgehead atoms. The standard InChI is InChI=1S/C9H11NO3/c10-8(11)9(12)13-6-7-4-2-1-3-5-7/h1-5,9,12H,6H2,(H2,10,11). The van der Waals surface area contributed by atoms with Crippen LogP contribution < -0.4 is 5.73 Å². The number of benzene rings is 1. The van der Waals surface area contributed by atoms with Crippen LogP contribution in [0.1, 0.15) is 5.56 Å². The summed E-state index contributed by atoms with van der Waals surface area (Å²) in [5, 5.41) is 8.89. The maximum atomic E-state index is 10.4. The van der Waals surface area contributed by atoms with E-state index in [2.05, 4.69) is 0 Å². The Hall–Kier alpha value is -1.39. The molecule has 0 fully saturated rings. The molecule has 70 valence electrons. The highest BCUT2D eigenvalue weighted by Gasteiger charge is 2.10. The molecule has 4 heteroatoms. The number of aliphatic hydroxyl groups is 1. The van der Waals surface area contributed by atoms with Gasteiger partial charge in [-0.25, -0.2) is 0 Å². The van der Waals surface area contributed by atoms with Crippen LogP contribution in [-0.4, -0.2) is 17.3 Å². The lowest BCUT2D eigenvalue weighted by molar-refractivity contribution is -0.157. The lowest BCUT2D eigenvalue weighted by Crippen LogP contribution is -2.30. The third-order valence-electron chi connectivity index (χ3n) is 1.49. The van der Waals surface area contributed by atoms with Gasteiger partial charge in [0, 0.05) is 0 Å². The molecule has 1 amide bonds. The maximum Gasteiger partial charge on any atom is 0.274 e. The van der Waals surface area contributed by atoms with Gasteiger partial charge in [0.2, 0.25) is 6.29 Å². The lowest BCUT2D eigenvalue weighted by Gasteiger charge is -2.07. The molecule has 0 aliphatic rings. The minimum atomic E-state index is -1.53. The van der Waals surface area contributed by atoms with Crippen molar-refractivity contribution in [1.82, 2.24) is 0 Å². The molecule has 1 aromatic carbocycles. The highest BCUT2D eigenvalue weighted by Crippen LogP contribution is 2.01. The molecule has 0 aliphatic heterocycles. The Kier molecular flexibility index (Phi) is 3.42. The largest absolute Gasteiger partial charge is 0.365 e. The van der Waals surface area contributed by atoms with E-state index < -0.39 is 12.2 Å². The van der Waals surface area contributed by atoms with Crippen molar-refractivity contribution in [1.29, 1.82) is 0 Å². The Bertz CT molecular complexity index is 273. The van der Waals surface area contributed by atoms with Crippen molar-refractivity contribution < 1.29 is 14.6 Å². The van der Waals surface area contributed by atoms with Crippen molar-refractivity contribution in [3.8, 4) is 0 Å². The van der Waals surface area contributed by atoms with Crippen LogP contribution in [0.5, 0.6) is 0 Å². The summed E-state index contributed by atoms with van der Waals surface area (Å²) in [6, 6.07) is 9.21. The summed E-state index contributed by atoms with van der Waals surface area (Å²) in [6.07, 6.45) is -1.53. The fraction of sp³-hybridized carbons (Fsp3) is 0.222. The lowest BCUT2D eigenvalue weighted by atomic mass is 10.2. The minimum Gasteiger partial charge on any atom is -0.365 e. The summed E-state index contributed by atoms with van der Waals surface area (Å²) < 4.78 is 4.77. The van der Waals surface area contributed by atoms with Crippen molar-refractivity contribution in [2.45, 2.75) is 12.9 Å². The van der Waals surface area contributed by atoms with Gasteiger partial charge in [-0.1, -0.05) is 30.3 Å². The van der Waals surface area contributed by atoms with Gasteiger partial charge in [0.15, 0.2) is 0 Å². The van der Waals surface area contributed by atoms with Crippen LogP contribution in [0.4, 0.5) is 0 Å². The zero-order chi connectivity index (χ0) is 9.68. The molecule has 0 saturated carbocycles. The number of primary amides is 1. The van der Waals surface area contributed by atoms with Gasteiger partial charge in [0.25, 0.3) is 5.91 Å². The van der Waals surface area contributed by atoms with Gasteiger partial charge < -0.3 is 15.6 Å². The molecule has 1 unspecified atom stereocenters. The van der Waals surface area contributed by atoms with Crippen LogP contribution in [0, 0.1) is 0 Å². The normalized spacial score (nSPS) is 12.4. The highest BCUT2D eigenvalue weighted by atomic mass is 16.6. The van der Waals surface area contributed by atoms with E-state index in [9.17, 15) is 4.79 Å². The summed E-state index contributed by atoms with van der Waals surface area (Å²) in [5.74, 6) is -0.879. The van der Waals surface area contributed by atoms with Gasteiger partial charge >= 0.3 is 0 Å². The highest BCUT2D eigenvalue weighted by molar-refractivity contribution is 5.77. The second kappa shape index (κ2) is 4.59. The first kappa shape index (κ1) is 9.70. The summed E-state index contributed by atoms with van der Waals surface area (Å²) in [7, 11) is 0. The van der Waals surface area contributed by atoms with E-state index in [1.54, 1.807) is 0 Å². The van der Waals surface area contributed by atoms with E-state index in [0.717, 1.165) is 5.56 Å². The molecule has 4 nitrogen and oxygen atoms in total. The average Bonchev–Trinajstić information content (AvgIpc) is 2.15. The zero-order valence-corrected chi connectivity index (χ0v) is 7.01. The van der Waals surface area contributed by atoms with Crippen LogP contribution in [0.15, 0.2) is 30.3 Å². The summed E-state index contributed by atoms with van der Waals surface area (Å²) in [5.41, 5.74) is 5.66. The first-order valence-corrected chi connectivity index (χ1v) is 3.83. The van der Waals surface area contributed by atoms with Gasteiger partial charge in [0.05, 0.1) is 6.61 Å². The number of carbonyl (C=O) groups excluding carboxylic acids is 1. The Morgan fingerprint density at radius 1 is 1.46 bits per heavy atom. The molecule has 0 saturated heterocycles. The quantitative estimate of drug-likeness (QED) is 0.642. The van der Waals surface area contributed by atoms with Crippen LogP contribution in [0.3, 0.4) is 0 Å². The number of amides is 1. The molecule has 1 aromatic rings. The fourth-order valence-corrected chi connectivity index (χ4v) is 0.832. The molecule has 13 heavy (non-hydrogen) atoms. The molecule has 1 rings (SSSR count). The van der Waals surface area contributed by atoms with Gasteiger partial charge in [-0.15, -0.1) is 0 Å². The van der Waals surface area contributed by atoms with E-state index >= 15 is 0 Å². The monoisotopic (exact) mass is 181 g/mol. The third-order valence-corrected chi connectivity index (χ3v) is 1.49. The van der Waals surface area contributed by atoms with Crippen molar-refractivity contribution in [3.63, 3.8) is 0 Å². The first-order chi connectivity index (χ1) is 6.20. The van der Waals surface area contributed by atoms with Gasteiger partial charge in [-0.05, 0) is 5.56 Å². The molecule has 0 radical (unpaired) electrons. The van der Waals surface area contributed by atoms with Crippen molar-refractivity contribution in [3.05, 3.63) is 35.9 Å². The number of nitrogens with two attached hydrogens (primary N) is 1. The number of carbonyl (C=O) groups is 1. The molecule has 3 N–H and O–H groups in total. The topological polar surface area (TPSA) is 72.6 Å². The Labute approximate surface area is 75.9 Å². The minimum absolute atomic E-state index is 0.172. The van der Waals surface area contributed by atoms with Gasteiger partial charge in [-0.3, -0.25) is 4.79 Å². The summed E-state index contributed by atoms with van der Waals surface area (Å²) in [4.78, 5) is 10.4. The van der Waals surface area contributed by atoms with E-state index in [1.165, 1.54) is 0 Å². The van der Waals surface area contributed by atoms with Crippen LogP contribution >= 0.6 is 0 Å². The second-order valence-electron chi connectivity index (χ2n) is 2.55. The molecule has 0 aliphatic carbocycles. The van der Waals surface area contributed by atoms with E-state index in [-0.39, 0.29) is 6.61 Å². The van der Waals surface area contributed by atoms with E-state index in [1.807, 2.05) is 30.3 Å². The molecular weight excluding hydrogens is 170 g/mol. The zero-order valence-electron chi connectivity index (χ0n) is 7.01. The number of aliphatic hydroxyl groups excluding tert-OH is 1. The number of hydrogen-bond acceptors (Lipinski definition) is 3. The number of hydrogen-bond donors (Lipinski definition) is 2. The average molecular weight is 181 g/mol. The van der Waals surface area contributed by atoms with Crippen LogP contribution in [-0.2, 0) is 16.1 Å². The molecule has 0 aromatic heterocycles. The molecule has 0 spiro atoms. The third kappa shape index (κ3) is 3.23. The van der Waals surface area contributed by atoms with Crippen molar-refractivity contribution in [2.75, 3.05) is 0 Å². The molecule has 0 heterocycles. The second-order valence-corrected chi connectivity index (χ2v) is 2.55. The maximum absolute atomic E-state index is 10.4. The van der Waals surface area contributed by atoms with Crippen molar-refractivity contribution >= 4 is 5.91 Å². The first-order valence-electron chi connectivity index (χ1n) is 3.83. The predicted molar refractivity (Wildman–Crippen MR) is 46.4 cm³/mol. The van der Waals surface area contributed by atoms with Crippen molar-refractivity contribution in [2.24, 2.45) is 5.73 Å². The van der Waals surface area contributed by atoms with E-state index in [4.69, 9.17) is 15.6 Å². The Morgan fingerprint density at radius 2 is 2.08 bits per heavy atom. The smallest absolute Gasteiger partial charge is 0.274 e. The number of ether oxygens (including phenoxy) is 1. The SMILES string of the molecule is NC(=O)C(O)OCc1ccccc1. The fourth-order valence-electron chi connectivity index (χ4n) is 0.832. The van der Waals surface area contributed by atoms with E-state index in [0.29, 0.717) is 0 Å². The summed E-state index contributed by atoms with van der Waals surface area (Å²) >= 11 is 0. The Balaban J connectivity index is 2.39. The molecular formula is C9H11NO3. The van der Waals surface area contributed by atoms with Gasteiger partial charge in [-0.2, -0.15) is 0 Å². The predicted octanol–water partition coefficient (Wildman–Crippen LogP) is 0.00690.